The number of hydrogen-bond acceptors (Lipinski definition) is 2. The number of halogens is 1. The maximum absolute atomic E-state index is 9.45. The molecule has 0 aliphatic rings. The highest BCUT2D eigenvalue weighted by molar-refractivity contribution is 6.32. The number of benzene rings is 2. The Balaban J connectivity index is 2.30. The molecule has 1 heterocycles. The molecule has 0 atom stereocenters. The second-order valence-corrected chi connectivity index (χ2v) is 4.61. The molecular weight excluding hydrogens is 260 g/mol. The molecular formula is C15H9ClN2O. The third-order valence-corrected chi connectivity index (χ3v) is 3.36. The van der Waals surface area contributed by atoms with Crippen molar-refractivity contribution in [2.24, 2.45) is 0 Å². The number of aromatic amines is 1. The Morgan fingerprint density at radius 3 is 2.68 bits per heavy atom. The molecule has 19 heavy (non-hydrogen) atoms. The maximum atomic E-state index is 9.45. The highest BCUT2D eigenvalue weighted by atomic mass is 35.5. The topological polar surface area (TPSA) is 59.8 Å². The zero-order valence-corrected chi connectivity index (χ0v) is 10.6. The van der Waals surface area contributed by atoms with E-state index in [1.54, 1.807) is 12.1 Å². The van der Waals surface area contributed by atoms with Crippen LogP contribution in [0.4, 0.5) is 0 Å². The standard InChI is InChI=1S/C15H9ClN2O/c16-12-7-9(5-6-14(12)19)15-11(8-17)10-3-1-2-4-13(10)18-15/h1-7,18-19H. The van der Waals surface area contributed by atoms with E-state index in [4.69, 9.17) is 11.6 Å². The fourth-order valence-corrected chi connectivity index (χ4v) is 2.32. The predicted octanol–water partition coefficient (Wildman–Crippen LogP) is 4.07. The average molecular weight is 269 g/mol. The minimum atomic E-state index is 0.0278. The van der Waals surface area contributed by atoms with Gasteiger partial charge in [0.1, 0.15) is 11.8 Å². The molecule has 0 aliphatic carbocycles. The third-order valence-electron chi connectivity index (χ3n) is 3.05. The summed E-state index contributed by atoms with van der Waals surface area (Å²) in [4.78, 5) is 3.22. The molecule has 0 unspecified atom stereocenters. The van der Waals surface area contributed by atoms with E-state index < -0.39 is 0 Å². The van der Waals surface area contributed by atoms with E-state index in [9.17, 15) is 10.4 Å². The van der Waals surface area contributed by atoms with Crippen LogP contribution in [0.5, 0.6) is 5.75 Å². The Hall–Kier alpha value is -2.44. The summed E-state index contributed by atoms with van der Waals surface area (Å²) < 4.78 is 0. The van der Waals surface area contributed by atoms with Gasteiger partial charge in [0.15, 0.2) is 0 Å². The summed E-state index contributed by atoms with van der Waals surface area (Å²) in [7, 11) is 0. The van der Waals surface area contributed by atoms with Crippen LogP contribution in [0.15, 0.2) is 42.5 Å². The number of aromatic nitrogens is 1. The molecule has 0 saturated carbocycles. The first-order valence-corrected chi connectivity index (χ1v) is 6.08. The molecule has 0 amide bonds. The second kappa shape index (κ2) is 4.34. The van der Waals surface area contributed by atoms with Gasteiger partial charge in [-0.2, -0.15) is 5.26 Å². The number of nitriles is 1. The molecule has 4 heteroatoms. The van der Waals surface area contributed by atoms with Gasteiger partial charge in [0, 0.05) is 16.5 Å². The lowest BCUT2D eigenvalue weighted by molar-refractivity contribution is 0.475. The van der Waals surface area contributed by atoms with Crippen LogP contribution >= 0.6 is 11.6 Å². The Morgan fingerprint density at radius 2 is 1.95 bits per heavy atom. The van der Waals surface area contributed by atoms with Gasteiger partial charge in [-0.3, -0.25) is 0 Å². The number of para-hydroxylation sites is 1. The third kappa shape index (κ3) is 1.83. The number of rotatable bonds is 1. The average Bonchev–Trinajstić information content (AvgIpc) is 2.80. The van der Waals surface area contributed by atoms with Crippen LogP contribution in [0.25, 0.3) is 22.2 Å². The summed E-state index contributed by atoms with van der Waals surface area (Å²) >= 11 is 5.91. The molecule has 3 nitrogen and oxygen atoms in total. The van der Waals surface area contributed by atoms with Gasteiger partial charge in [0.2, 0.25) is 0 Å². The van der Waals surface area contributed by atoms with Crippen molar-refractivity contribution in [2.75, 3.05) is 0 Å². The highest BCUT2D eigenvalue weighted by Crippen LogP contribution is 2.33. The molecule has 0 spiro atoms. The van der Waals surface area contributed by atoms with Crippen molar-refractivity contribution in [1.82, 2.24) is 4.98 Å². The zero-order valence-electron chi connectivity index (χ0n) is 9.81. The first kappa shape index (κ1) is 11.6. The fourth-order valence-electron chi connectivity index (χ4n) is 2.14. The van der Waals surface area contributed by atoms with Crippen molar-refractivity contribution in [3.63, 3.8) is 0 Å². The molecule has 3 rings (SSSR count). The molecule has 3 aromatic rings. The van der Waals surface area contributed by atoms with Crippen molar-refractivity contribution in [1.29, 1.82) is 5.26 Å². The molecule has 92 valence electrons. The Kier molecular flexibility index (Phi) is 2.66. The zero-order chi connectivity index (χ0) is 13.4. The first-order chi connectivity index (χ1) is 9.20. The van der Waals surface area contributed by atoms with E-state index in [-0.39, 0.29) is 10.8 Å². The molecule has 0 saturated heterocycles. The van der Waals surface area contributed by atoms with Gasteiger partial charge in [0.25, 0.3) is 0 Å². The molecule has 0 radical (unpaired) electrons. The SMILES string of the molecule is N#Cc1c(-c2ccc(O)c(Cl)c2)[nH]c2ccccc12. The van der Waals surface area contributed by atoms with E-state index in [0.717, 1.165) is 16.5 Å². The number of aromatic hydroxyl groups is 1. The Morgan fingerprint density at radius 1 is 1.16 bits per heavy atom. The van der Waals surface area contributed by atoms with E-state index in [0.29, 0.717) is 11.3 Å². The number of phenols is 1. The summed E-state index contributed by atoms with van der Waals surface area (Å²) in [6, 6.07) is 14.7. The van der Waals surface area contributed by atoms with Crippen LogP contribution < -0.4 is 0 Å². The van der Waals surface area contributed by atoms with Crippen LogP contribution in [-0.2, 0) is 0 Å². The van der Waals surface area contributed by atoms with Gasteiger partial charge in [0.05, 0.1) is 16.3 Å². The number of nitrogens with one attached hydrogen (secondary N) is 1. The summed E-state index contributed by atoms with van der Waals surface area (Å²) in [6.45, 7) is 0. The molecule has 0 bridgehead atoms. The minimum absolute atomic E-state index is 0.0278. The Bertz CT molecular complexity index is 815. The number of phenolic OH excluding ortho intramolecular Hbond substituents is 1. The number of fused-ring (bicyclic) bond motifs is 1. The van der Waals surface area contributed by atoms with Gasteiger partial charge < -0.3 is 10.1 Å². The first-order valence-electron chi connectivity index (χ1n) is 5.70. The molecule has 2 aromatic carbocycles. The number of H-pyrrole nitrogens is 1. The summed E-state index contributed by atoms with van der Waals surface area (Å²) in [5.74, 6) is 0.0278. The Labute approximate surface area is 114 Å². The van der Waals surface area contributed by atoms with Crippen molar-refractivity contribution in [2.45, 2.75) is 0 Å². The smallest absolute Gasteiger partial charge is 0.134 e. The molecule has 0 fully saturated rings. The molecule has 2 N–H and O–H groups in total. The van der Waals surface area contributed by atoms with Gasteiger partial charge in [-0.05, 0) is 24.3 Å². The van der Waals surface area contributed by atoms with Crippen molar-refractivity contribution >= 4 is 22.5 Å². The van der Waals surface area contributed by atoms with Gasteiger partial charge >= 0.3 is 0 Å². The van der Waals surface area contributed by atoms with E-state index in [1.165, 1.54) is 6.07 Å². The van der Waals surface area contributed by atoms with Crippen LogP contribution in [0.1, 0.15) is 5.56 Å². The number of hydrogen-bond donors (Lipinski definition) is 2. The van der Waals surface area contributed by atoms with Crippen molar-refractivity contribution in [3.8, 4) is 23.1 Å². The second-order valence-electron chi connectivity index (χ2n) is 4.20. The lowest BCUT2D eigenvalue weighted by Crippen LogP contribution is -1.82. The van der Waals surface area contributed by atoms with Crippen LogP contribution in [0, 0.1) is 11.3 Å². The fraction of sp³-hybridized carbons (Fsp3) is 0. The van der Waals surface area contributed by atoms with Crippen molar-refractivity contribution < 1.29 is 5.11 Å². The lowest BCUT2D eigenvalue weighted by atomic mass is 10.1. The van der Waals surface area contributed by atoms with Gasteiger partial charge in [-0.25, -0.2) is 0 Å². The normalized spacial score (nSPS) is 10.5. The summed E-state index contributed by atoms with van der Waals surface area (Å²) in [5.41, 5.74) is 2.97. The predicted molar refractivity (Wildman–Crippen MR) is 75.1 cm³/mol. The quantitative estimate of drug-likeness (QED) is 0.699. The van der Waals surface area contributed by atoms with Gasteiger partial charge in [-0.1, -0.05) is 29.8 Å². The summed E-state index contributed by atoms with van der Waals surface area (Å²) in [6.07, 6.45) is 0. The van der Waals surface area contributed by atoms with Crippen LogP contribution in [0.2, 0.25) is 5.02 Å². The lowest BCUT2D eigenvalue weighted by Gasteiger charge is -2.02. The van der Waals surface area contributed by atoms with E-state index in [1.807, 2.05) is 24.3 Å². The van der Waals surface area contributed by atoms with Crippen LogP contribution in [0.3, 0.4) is 0 Å². The van der Waals surface area contributed by atoms with Crippen molar-refractivity contribution in [3.05, 3.63) is 53.1 Å². The largest absolute Gasteiger partial charge is 0.506 e. The minimum Gasteiger partial charge on any atom is -0.506 e. The van der Waals surface area contributed by atoms with E-state index >= 15 is 0 Å². The molecule has 1 aromatic heterocycles. The molecule has 0 aliphatic heterocycles. The monoisotopic (exact) mass is 268 g/mol. The van der Waals surface area contributed by atoms with Crippen LogP contribution in [-0.4, -0.2) is 10.1 Å². The maximum Gasteiger partial charge on any atom is 0.134 e. The number of nitrogens with zero attached hydrogens (tertiary/aromatic N) is 1. The van der Waals surface area contributed by atoms with E-state index in [2.05, 4.69) is 11.1 Å². The summed E-state index contributed by atoms with van der Waals surface area (Å²) in [5, 5.41) is 19.9. The van der Waals surface area contributed by atoms with Gasteiger partial charge in [-0.15, -0.1) is 0 Å². The highest BCUT2D eigenvalue weighted by Gasteiger charge is 2.13.